The molecule has 2 aromatic rings. The topological polar surface area (TPSA) is 108 Å². The minimum Gasteiger partial charge on any atom is -0.492 e. The Hall–Kier alpha value is -2.54. The number of anilines is 2. The molecule has 0 saturated carbocycles. The van der Waals surface area contributed by atoms with E-state index in [0.717, 1.165) is 62.9 Å². The highest BCUT2D eigenvalue weighted by molar-refractivity contribution is 8.24. The van der Waals surface area contributed by atoms with E-state index >= 15 is 0 Å². The lowest BCUT2D eigenvalue weighted by molar-refractivity contribution is 0.257. The van der Waals surface area contributed by atoms with Gasteiger partial charge in [-0.05, 0) is 91.8 Å². The highest BCUT2D eigenvalue weighted by Crippen LogP contribution is 2.39. The molecule has 286 valence electrons. The average Bonchev–Trinajstić information content (AvgIpc) is 3.08. The molecule has 0 radical (unpaired) electrons. The summed E-state index contributed by atoms with van der Waals surface area (Å²) in [6, 6.07) is 12.6. The van der Waals surface area contributed by atoms with Gasteiger partial charge in [-0.1, -0.05) is 91.9 Å². The first-order valence-electron chi connectivity index (χ1n) is 18.8. The van der Waals surface area contributed by atoms with E-state index in [1.807, 2.05) is 43.3 Å². The fourth-order valence-corrected chi connectivity index (χ4v) is 9.22. The average molecular weight is 762 g/mol. The number of likely N-dealkylation sites (N-methyl/N-ethyl adjacent to an activating group) is 1. The number of primary amides is 1. The maximum Gasteiger partial charge on any atom is 0.329 e. The Kier molecular flexibility index (Phi) is 16.9. The van der Waals surface area contributed by atoms with Gasteiger partial charge in [0.2, 0.25) is 10.0 Å². The normalized spacial score (nSPS) is 14.0. The van der Waals surface area contributed by atoms with Crippen molar-refractivity contribution in [2.75, 3.05) is 48.5 Å². The summed E-state index contributed by atoms with van der Waals surface area (Å²) in [5.74, 6) is 0.394. The summed E-state index contributed by atoms with van der Waals surface area (Å²) >= 11 is 6.81. The van der Waals surface area contributed by atoms with E-state index in [9.17, 15) is 13.2 Å². The smallest absolute Gasteiger partial charge is 0.329 e. The summed E-state index contributed by atoms with van der Waals surface area (Å²) in [6.07, 6.45) is 11.0. The molecule has 1 aliphatic rings. The number of nitrogens with one attached hydrogen (secondary N) is 1. The molecule has 0 spiro atoms. The van der Waals surface area contributed by atoms with Crippen molar-refractivity contribution in [1.29, 1.82) is 0 Å². The number of thiocarbonyl (C=S) groups is 1. The summed E-state index contributed by atoms with van der Waals surface area (Å²) in [7, 11) is -3.89. The Balaban J connectivity index is 1.72. The molecule has 0 aromatic heterocycles. The summed E-state index contributed by atoms with van der Waals surface area (Å²) in [5.41, 5.74) is 8.11. The number of carbonyl (C=O) groups is 1. The lowest BCUT2D eigenvalue weighted by atomic mass is 9.72. The van der Waals surface area contributed by atoms with Crippen LogP contribution < -0.4 is 24.4 Å². The van der Waals surface area contributed by atoms with Crippen LogP contribution in [0.25, 0.3) is 0 Å². The van der Waals surface area contributed by atoms with E-state index in [1.165, 1.54) is 41.9 Å². The van der Waals surface area contributed by atoms with Gasteiger partial charge < -0.3 is 20.3 Å². The molecule has 51 heavy (non-hydrogen) atoms. The van der Waals surface area contributed by atoms with E-state index in [-0.39, 0.29) is 22.3 Å². The molecule has 2 amide bonds. The molecule has 1 aliphatic heterocycles. The molecule has 0 aliphatic carbocycles. The van der Waals surface area contributed by atoms with Gasteiger partial charge in [-0.15, -0.1) is 0 Å². The second-order valence-corrected chi connectivity index (χ2v) is 18.7. The Morgan fingerprint density at radius 3 is 2.18 bits per heavy atom. The van der Waals surface area contributed by atoms with Gasteiger partial charge in [0.05, 0.1) is 12.3 Å². The third kappa shape index (κ3) is 13.7. The van der Waals surface area contributed by atoms with Gasteiger partial charge >= 0.3 is 6.03 Å². The molecule has 1 heterocycles. The van der Waals surface area contributed by atoms with Crippen molar-refractivity contribution in [3.63, 3.8) is 0 Å². The Morgan fingerprint density at radius 2 is 1.57 bits per heavy atom. The zero-order valence-corrected chi connectivity index (χ0v) is 34.6. The Morgan fingerprint density at radius 1 is 0.941 bits per heavy atom. The molecular weight excluding hydrogens is 699 g/mol. The van der Waals surface area contributed by atoms with Gasteiger partial charge in [0.25, 0.3) is 0 Å². The first-order valence-corrected chi connectivity index (χ1v) is 21.4. The van der Waals surface area contributed by atoms with Crippen LogP contribution in [0, 0.1) is 5.41 Å². The third-order valence-corrected chi connectivity index (χ3v) is 12.2. The van der Waals surface area contributed by atoms with Crippen molar-refractivity contribution >= 4 is 55.9 Å². The van der Waals surface area contributed by atoms with Crippen LogP contribution in [0.4, 0.5) is 16.2 Å². The number of sulfonamides is 1. The number of nitrogens with two attached hydrogens (primary N) is 1. The zero-order chi connectivity index (χ0) is 37.7. The van der Waals surface area contributed by atoms with E-state index in [4.69, 9.17) is 22.7 Å². The van der Waals surface area contributed by atoms with Gasteiger partial charge in [-0.3, -0.25) is 0 Å². The molecule has 0 bridgehead atoms. The van der Waals surface area contributed by atoms with Crippen LogP contribution in [-0.2, 0) is 15.4 Å². The standard InChI is InChI=1S/C39H63N5O4S3/c1-8-10-11-12-13-17-28-48-34-23-18-31(39(6,7)30-38(3,4)5)29-35(34)51(46,47)41-24-27-42(9-2)32-19-21-33(22-20-32)44(36(40)45)50-37(49)43-25-15-14-16-26-43/h18-23,29,41H,8-17,24-28,30H2,1-7H3,(H2,40,45). The number of amides is 2. The number of rotatable bonds is 18. The Labute approximate surface area is 318 Å². The summed E-state index contributed by atoms with van der Waals surface area (Å²) < 4.78 is 38.9. The number of ether oxygens (including phenoxy) is 1. The first kappa shape index (κ1) is 42.9. The molecular formula is C39H63N5O4S3. The van der Waals surface area contributed by atoms with Gasteiger partial charge in [-0.25, -0.2) is 22.2 Å². The van der Waals surface area contributed by atoms with Crippen LogP contribution in [-0.4, -0.2) is 63.0 Å². The van der Waals surface area contributed by atoms with Crippen LogP contribution >= 0.6 is 24.2 Å². The predicted octanol–water partition coefficient (Wildman–Crippen LogP) is 9.25. The highest BCUT2D eigenvalue weighted by atomic mass is 32.2. The second kappa shape index (κ2) is 20.1. The van der Waals surface area contributed by atoms with Gasteiger partial charge in [0.1, 0.15) is 10.6 Å². The van der Waals surface area contributed by atoms with Crippen molar-refractivity contribution in [1.82, 2.24) is 9.62 Å². The van der Waals surface area contributed by atoms with Crippen molar-refractivity contribution in [3.05, 3.63) is 48.0 Å². The van der Waals surface area contributed by atoms with Crippen LogP contribution in [0.3, 0.4) is 0 Å². The minimum absolute atomic E-state index is 0.0757. The van der Waals surface area contributed by atoms with Crippen LogP contribution in [0.5, 0.6) is 5.75 Å². The number of urea groups is 1. The number of benzene rings is 2. The van der Waals surface area contributed by atoms with Crippen molar-refractivity contribution in [2.24, 2.45) is 11.1 Å². The number of hydrogen-bond donors (Lipinski definition) is 2. The number of unbranched alkanes of at least 4 members (excludes halogenated alkanes) is 5. The number of likely N-dealkylation sites (tertiary alicyclic amines) is 1. The van der Waals surface area contributed by atoms with Gasteiger partial charge in [0.15, 0.2) is 4.32 Å². The number of carbonyl (C=O) groups excluding carboxylic acids is 1. The predicted molar refractivity (Wildman–Crippen MR) is 220 cm³/mol. The number of nitrogens with zero attached hydrogens (tertiary/aromatic N) is 3. The second-order valence-electron chi connectivity index (χ2n) is 15.4. The summed E-state index contributed by atoms with van der Waals surface area (Å²) in [5, 5.41) is 0. The molecule has 1 saturated heterocycles. The highest BCUT2D eigenvalue weighted by Gasteiger charge is 2.30. The maximum atomic E-state index is 13.9. The quantitative estimate of drug-likeness (QED) is 0.0880. The van der Waals surface area contributed by atoms with Crippen molar-refractivity contribution in [3.8, 4) is 5.75 Å². The van der Waals surface area contributed by atoms with Gasteiger partial charge in [-0.2, -0.15) is 0 Å². The summed E-state index contributed by atoms with van der Waals surface area (Å²) in [6.45, 7) is 18.8. The van der Waals surface area contributed by atoms with Crippen LogP contribution in [0.15, 0.2) is 47.4 Å². The lowest BCUT2D eigenvalue weighted by Crippen LogP contribution is -2.38. The Bertz CT molecular complexity index is 1500. The van der Waals surface area contributed by atoms with E-state index in [0.29, 0.717) is 35.5 Å². The number of hydrogen-bond acceptors (Lipinski definition) is 7. The largest absolute Gasteiger partial charge is 0.492 e. The van der Waals surface area contributed by atoms with Crippen molar-refractivity contribution in [2.45, 2.75) is 123 Å². The van der Waals surface area contributed by atoms with E-state index < -0.39 is 16.1 Å². The molecule has 2 aromatic carbocycles. The van der Waals surface area contributed by atoms with Gasteiger partial charge in [0, 0.05) is 50.4 Å². The number of piperidine rings is 1. The van der Waals surface area contributed by atoms with E-state index in [1.54, 1.807) is 6.07 Å². The lowest BCUT2D eigenvalue weighted by Gasteiger charge is -2.33. The minimum atomic E-state index is -3.89. The molecule has 3 N–H and O–H groups in total. The summed E-state index contributed by atoms with van der Waals surface area (Å²) in [4.78, 5) is 16.8. The maximum absolute atomic E-state index is 13.9. The SMILES string of the molecule is CCCCCCCCOc1ccc(C(C)(C)CC(C)(C)C)cc1S(=O)(=O)NCCN(CC)c1ccc(N(SC(=S)N2CCCCC2)C(N)=O)cc1. The third-order valence-electron chi connectivity index (χ3n) is 9.23. The molecule has 1 fully saturated rings. The molecule has 0 unspecified atom stereocenters. The van der Waals surface area contributed by atoms with Crippen LogP contribution in [0.2, 0.25) is 0 Å². The molecule has 12 heteroatoms. The molecule has 3 rings (SSSR count). The fourth-order valence-electron chi connectivity index (χ4n) is 6.85. The zero-order valence-electron chi connectivity index (χ0n) is 32.1. The molecule has 0 atom stereocenters. The van der Waals surface area contributed by atoms with Crippen LogP contribution in [0.1, 0.15) is 118 Å². The van der Waals surface area contributed by atoms with E-state index in [2.05, 4.69) is 56.1 Å². The fraction of sp³-hybridized carbons (Fsp3) is 0.641. The van der Waals surface area contributed by atoms with Crippen molar-refractivity contribution < 1.29 is 17.9 Å². The monoisotopic (exact) mass is 761 g/mol. The molecule has 9 nitrogen and oxygen atoms in total. The first-order chi connectivity index (χ1) is 24.1.